The standard InChI is InChI=1S/C17H14FN3O2S/c18-14-5-7-15(8-6-14)24(22,23)21-12-13-4-9-17(20-11-13)16-3-1-2-10-19-16/h1-11,21H,12H2. The van der Waals surface area contributed by atoms with E-state index in [1.807, 2.05) is 18.2 Å². The minimum Gasteiger partial charge on any atom is -0.255 e. The molecule has 0 unspecified atom stereocenters. The largest absolute Gasteiger partial charge is 0.255 e. The second-order valence-corrected chi connectivity index (χ2v) is 6.81. The van der Waals surface area contributed by atoms with Crippen LogP contribution in [0.1, 0.15) is 5.56 Å². The molecule has 3 aromatic rings. The average Bonchev–Trinajstić information content (AvgIpc) is 2.62. The molecule has 0 radical (unpaired) electrons. The first kappa shape index (κ1) is 16.2. The molecule has 5 nitrogen and oxygen atoms in total. The maximum atomic E-state index is 12.9. The van der Waals surface area contributed by atoms with Gasteiger partial charge in [-0.1, -0.05) is 12.1 Å². The highest BCUT2D eigenvalue weighted by atomic mass is 32.2. The molecule has 0 saturated heterocycles. The molecule has 1 aromatic carbocycles. The number of hydrogen-bond acceptors (Lipinski definition) is 4. The molecule has 3 rings (SSSR count). The predicted molar refractivity (Wildman–Crippen MR) is 87.9 cm³/mol. The zero-order chi connectivity index (χ0) is 17.0. The third kappa shape index (κ3) is 3.81. The summed E-state index contributed by atoms with van der Waals surface area (Å²) < 4.78 is 39.6. The van der Waals surface area contributed by atoms with Gasteiger partial charge in [0.1, 0.15) is 5.82 Å². The summed E-state index contributed by atoms with van der Waals surface area (Å²) in [5.41, 5.74) is 2.16. The molecule has 0 aliphatic rings. The highest BCUT2D eigenvalue weighted by molar-refractivity contribution is 7.89. The SMILES string of the molecule is O=S(=O)(NCc1ccc(-c2ccccn2)nc1)c1ccc(F)cc1. The fraction of sp³-hybridized carbons (Fsp3) is 0.0588. The summed E-state index contributed by atoms with van der Waals surface area (Å²) in [5, 5.41) is 0. The molecular formula is C17H14FN3O2S. The van der Waals surface area contributed by atoms with Crippen molar-refractivity contribution >= 4 is 10.0 Å². The van der Waals surface area contributed by atoms with E-state index < -0.39 is 15.8 Å². The maximum Gasteiger partial charge on any atom is 0.240 e. The van der Waals surface area contributed by atoms with E-state index in [-0.39, 0.29) is 11.4 Å². The first-order valence-electron chi connectivity index (χ1n) is 7.16. The molecule has 1 N–H and O–H groups in total. The normalized spacial score (nSPS) is 11.4. The van der Waals surface area contributed by atoms with Crippen molar-refractivity contribution in [2.75, 3.05) is 0 Å². The van der Waals surface area contributed by atoms with Crippen LogP contribution < -0.4 is 4.72 Å². The molecule has 2 heterocycles. The van der Waals surface area contributed by atoms with Crippen LogP contribution in [0, 0.1) is 5.82 Å². The van der Waals surface area contributed by atoms with Gasteiger partial charge in [0, 0.05) is 18.9 Å². The summed E-state index contributed by atoms with van der Waals surface area (Å²) in [6.45, 7) is 0.0925. The Bertz CT molecular complexity index is 912. The number of sulfonamides is 1. The quantitative estimate of drug-likeness (QED) is 0.773. The Morgan fingerprint density at radius 3 is 2.29 bits per heavy atom. The lowest BCUT2D eigenvalue weighted by Crippen LogP contribution is -2.23. The molecule has 0 amide bonds. The van der Waals surface area contributed by atoms with E-state index in [1.165, 1.54) is 12.1 Å². The van der Waals surface area contributed by atoms with Gasteiger partial charge in [0.2, 0.25) is 10.0 Å². The van der Waals surface area contributed by atoms with Crippen molar-refractivity contribution in [3.05, 3.63) is 78.4 Å². The minimum atomic E-state index is -3.69. The summed E-state index contributed by atoms with van der Waals surface area (Å²) >= 11 is 0. The van der Waals surface area contributed by atoms with E-state index in [2.05, 4.69) is 14.7 Å². The van der Waals surface area contributed by atoms with Crippen LogP contribution in [0.3, 0.4) is 0 Å². The third-order valence-electron chi connectivity index (χ3n) is 3.34. The van der Waals surface area contributed by atoms with E-state index in [1.54, 1.807) is 24.5 Å². The monoisotopic (exact) mass is 343 g/mol. The molecule has 7 heteroatoms. The van der Waals surface area contributed by atoms with Gasteiger partial charge in [-0.2, -0.15) is 0 Å². The van der Waals surface area contributed by atoms with Crippen LogP contribution in [-0.4, -0.2) is 18.4 Å². The number of rotatable bonds is 5. The van der Waals surface area contributed by atoms with Gasteiger partial charge in [-0.3, -0.25) is 9.97 Å². The van der Waals surface area contributed by atoms with E-state index in [4.69, 9.17) is 0 Å². The van der Waals surface area contributed by atoms with Gasteiger partial charge < -0.3 is 0 Å². The van der Waals surface area contributed by atoms with Crippen LogP contribution in [0.2, 0.25) is 0 Å². The summed E-state index contributed by atoms with van der Waals surface area (Å²) in [6.07, 6.45) is 3.28. The summed E-state index contributed by atoms with van der Waals surface area (Å²) in [6, 6.07) is 13.8. The van der Waals surface area contributed by atoms with Crippen LogP contribution in [0.4, 0.5) is 4.39 Å². The Hall–Kier alpha value is -2.64. The molecule has 24 heavy (non-hydrogen) atoms. The zero-order valence-corrected chi connectivity index (χ0v) is 13.4. The number of halogens is 1. The van der Waals surface area contributed by atoms with Crippen molar-refractivity contribution in [2.45, 2.75) is 11.4 Å². The molecule has 2 aromatic heterocycles. The van der Waals surface area contributed by atoms with Gasteiger partial charge in [-0.15, -0.1) is 0 Å². The summed E-state index contributed by atoms with van der Waals surface area (Å²) in [7, 11) is -3.69. The Morgan fingerprint density at radius 1 is 0.917 bits per heavy atom. The lowest BCUT2D eigenvalue weighted by atomic mass is 10.2. The van der Waals surface area contributed by atoms with Gasteiger partial charge >= 0.3 is 0 Å². The van der Waals surface area contributed by atoms with Crippen molar-refractivity contribution in [3.8, 4) is 11.4 Å². The smallest absolute Gasteiger partial charge is 0.240 e. The van der Waals surface area contributed by atoms with Gasteiger partial charge in [0.05, 0.1) is 16.3 Å². The number of hydrogen-bond donors (Lipinski definition) is 1. The van der Waals surface area contributed by atoms with Crippen LogP contribution in [0.5, 0.6) is 0 Å². The molecular weight excluding hydrogens is 329 g/mol. The Kier molecular flexibility index (Phi) is 4.64. The lowest BCUT2D eigenvalue weighted by molar-refractivity contribution is 0.580. The Balaban J connectivity index is 1.69. The first-order valence-corrected chi connectivity index (χ1v) is 8.64. The Morgan fingerprint density at radius 2 is 1.67 bits per heavy atom. The van der Waals surface area contributed by atoms with Crippen LogP contribution in [-0.2, 0) is 16.6 Å². The molecule has 0 spiro atoms. The highest BCUT2D eigenvalue weighted by Gasteiger charge is 2.13. The van der Waals surface area contributed by atoms with Crippen molar-refractivity contribution in [3.63, 3.8) is 0 Å². The van der Waals surface area contributed by atoms with Crippen LogP contribution in [0.15, 0.2) is 71.9 Å². The van der Waals surface area contributed by atoms with Crippen molar-refractivity contribution in [1.82, 2.24) is 14.7 Å². The minimum absolute atomic E-state index is 0.0157. The number of pyridine rings is 2. The molecule has 0 aliphatic heterocycles. The summed E-state index contributed by atoms with van der Waals surface area (Å²) in [4.78, 5) is 8.51. The van der Waals surface area contributed by atoms with E-state index in [9.17, 15) is 12.8 Å². The fourth-order valence-electron chi connectivity index (χ4n) is 2.07. The third-order valence-corrected chi connectivity index (χ3v) is 4.76. The predicted octanol–water partition coefficient (Wildman–Crippen LogP) is 2.76. The van der Waals surface area contributed by atoms with Crippen molar-refractivity contribution in [1.29, 1.82) is 0 Å². The Labute approximate surface area is 139 Å². The second kappa shape index (κ2) is 6.86. The van der Waals surface area contributed by atoms with Gasteiger partial charge in [0.15, 0.2) is 0 Å². The topological polar surface area (TPSA) is 72.0 Å². The number of benzene rings is 1. The van der Waals surface area contributed by atoms with Crippen molar-refractivity contribution < 1.29 is 12.8 Å². The number of aromatic nitrogens is 2. The molecule has 0 aliphatic carbocycles. The van der Waals surface area contributed by atoms with Gasteiger partial charge in [-0.05, 0) is 48.0 Å². The molecule has 122 valence electrons. The molecule has 0 fully saturated rings. The highest BCUT2D eigenvalue weighted by Crippen LogP contribution is 2.14. The van der Waals surface area contributed by atoms with Crippen LogP contribution in [0.25, 0.3) is 11.4 Å². The molecule has 0 bridgehead atoms. The number of nitrogens with one attached hydrogen (secondary N) is 1. The summed E-state index contributed by atoms with van der Waals surface area (Å²) in [5.74, 6) is -0.483. The molecule has 0 saturated carbocycles. The molecule has 0 atom stereocenters. The van der Waals surface area contributed by atoms with Crippen molar-refractivity contribution in [2.24, 2.45) is 0 Å². The van der Waals surface area contributed by atoms with E-state index in [0.717, 1.165) is 17.8 Å². The average molecular weight is 343 g/mol. The fourth-order valence-corrected chi connectivity index (χ4v) is 3.09. The zero-order valence-electron chi connectivity index (χ0n) is 12.6. The number of nitrogens with zero attached hydrogens (tertiary/aromatic N) is 2. The lowest BCUT2D eigenvalue weighted by Gasteiger charge is -2.07. The van der Waals surface area contributed by atoms with E-state index >= 15 is 0 Å². The van der Waals surface area contributed by atoms with Crippen LogP contribution >= 0.6 is 0 Å². The van der Waals surface area contributed by atoms with Gasteiger partial charge in [-0.25, -0.2) is 17.5 Å². The van der Waals surface area contributed by atoms with Gasteiger partial charge in [0.25, 0.3) is 0 Å². The van der Waals surface area contributed by atoms with E-state index in [0.29, 0.717) is 11.3 Å². The first-order chi connectivity index (χ1) is 11.5. The second-order valence-electron chi connectivity index (χ2n) is 5.05. The maximum absolute atomic E-state index is 12.9.